The molecule has 5 nitrogen and oxygen atoms in total. The molecule has 0 aliphatic rings. The molecule has 0 saturated carbocycles. The number of aryl methyl sites for hydroxylation is 2. The van der Waals surface area contributed by atoms with Gasteiger partial charge in [0.15, 0.2) is 0 Å². The van der Waals surface area contributed by atoms with Crippen molar-refractivity contribution < 1.29 is 22.7 Å². The zero-order valence-electron chi connectivity index (χ0n) is 14.3. The molecule has 138 valence electrons. The van der Waals surface area contributed by atoms with E-state index in [1.807, 2.05) is 6.92 Å². The number of aromatic nitrogens is 2. The van der Waals surface area contributed by atoms with Crippen LogP contribution >= 0.6 is 11.3 Å². The highest BCUT2D eigenvalue weighted by Crippen LogP contribution is 2.36. The third-order valence-electron chi connectivity index (χ3n) is 3.77. The lowest BCUT2D eigenvalue weighted by Gasteiger charge is -2.14. The van der Waals surface area contributed by atoms with Gasteiger partial charge in [-0.1, -0.05) is 0 Å². The van der Waals surface area contributed by atoms with Crippen LogP contribution in [0.25, 0.3) is 10.2 Å². The van der Waals surface area contributed by atoms with Gasteiger partial charge in [-0.3, -0.25) is 9.48 Å². The zero-order chi connectivity index (χ0) is 19.1. The summed E-state index contributed by atoms with van der Waals surface area (Å²) < 4.78 is 45.9. The number of benzene rings is 1. The first-order valence-electron chi connectivity index (χ1n) is 7.79. The van der Waals surface area contributed by atoms with E-state index in [4.69, 9.17) is 4.74 Å². The maximum atomic E-state index is 13.0. The van der Waals surface area contributed by atoms with Crippen molar-refractivity contribution in [3.05, 3.63) is 40.4 Å². The summed E-state index contributed by atoms with van der Waals surface area (Å²) in [7, 11) is 1.77. The Hall–Kier alpha value is -2.55. The first-order valence-corrected chi connectivity index (χ1v) is 8.61. The topological polar surface area (TPSA) is 56.1 Å². The summed E-state index contributed by atoms with van der Waals surface area (Å²) in [4.78, 5) is 13.8. The van der Waals surface area contributed by atoms with Crippen LogP contribution in [0.3, 0.4) is 0 Å². The van der Waals surface area contributed by atoms with Crippen LogP contribution < -0.4 is 10.1 Å². The molecule has 9 heteroatoms. The predicted octanol–water partition coefficient (Wildman–Crippen LogP) is 4.61. The van der Waals surface area contributed by atoms with Gasteiger partial charge in [0.25, 0.3) is 5.91 Å². The lowest BCUT2D eigenvalue weighted by Crippen LogP contribution is -2.13. The second kappa shape index (κ2) is 6.64. The molecule has 2 aromatic heterocycles. The van der Waals surface area contributed by atoms with E-state index >= 15 is 0 Å². The van der Waals surface area contributed by atoms with E-state index in [2.05, 4.69) is 10.4 Å². The van der Waals surface area contributed by atoms with Gasteiger partial charge in [-0.25, -0.2) is 0 Å². The summed E-state index contributed by atoms with van der Waals surface area (Å²) in [6, 6.07) is 4.70. The molecule has 0 aliphatic carbocycles. The molecule has 1 aromatic carbocycles. The van der Waals surface area contributed by atoms with Crippen molar-refractivity contribution in [2.24, 2.45) is 7.05 Å². The molecule has 2 heterocycles. The lowest BCUT2D eigenvalue weighted by molar-refractivity contribution is -0.137. The molecule has 0 bridgehead atoms. The number of ether oxygens (including phenoxy) is 1. The van der Waals surface area contributed by atoms with Gasteiger partial charge < -0.3 is 10.1 Å². The van der Waals surface area contributed by atoms with Crippen LogP contribution in [0.5, 0.6) is 5.75 Å². The van der Waals surface area contributed by atoms with E-state index in [0.29, 0.717) is 4.88 Å². The third kappa shape index (κ3) is 3.39. The zero-order valence-corrected chi connectivity index (χ0v) is 15.1. The molecule has 0 aliphatic heterocycles. The molecule has 0 radical (unpaired) electrons. The van der Waals surface area contributed by atoms with Crippen LogP contribution in [0, 0.1) is 6.92 Å². The fourth-order valence-corrected chi connectivity index (χ4v) is 3.60. The number of hydrogen-bond donors (Lipinski definition) is 1. The third-order valence-corrected chi connectivity index (χ3v) is 4.98. The van der Waals surface area contributed by atoms with E-state index in [0.717, 1.165) is 28.0 Å². The Morgan fingerprint density at radius 1 is 1.35 bits per heavy atom. The maximum Gasteiger partial charge on any atom is 0.416 e. The average molecular weight is 383 g/mol. The van der Waals surface area contributed by atoms with E-state index in [9.17, 15) is 18.0 Å². The van der Waals surface area contributed by atoms with Crippen molar-refractivity contribution in [2.75, 3.05) is 11.9 Å². The van der Waals surface area contributed by atoms with E-state index in [1.54, 1.807) is 24.7 Å². The standard InChI is InChI=1S/C17H16F3N3O2S/c1-4-25-13-6-5-10(17(18,19)20)7-12(13)21-15(24)14-8-11-9(2)22-23(3)16(11)26-14/h5-8H,4H2,1-3H3,(H,21,24). The number of hydrogen-bond acceptors (Lipinski definition) is 4. The van der Waals surface area contributed by atoms with E-state index in [-0.39, 0.29) is 18.0 Å². The highest BCUT2D eigenvalue weighted by molar-refractivity contribution is 7.20. The fraction of sp³-hybridized carbons (Fsp3) is 0.294. The molecule has 3 aromatic rings. The Labute approximate surface area is 151 Å². The fourth-order valence-electron chi connectivity index (χ4n) is 2.59. The molecule has 1 N–H and O–H groups in total. The summed E-state index contributed by atoms with van der Waals surface area (Å²) in [5.74, 6) is -0.307. The number of nitrogens with one attached hydrogen (secondary N) is 1. The predicted molar refractivity (Wildman–Crippen MR) is 93.9 cm³/mol. The smallest absolute Gasteiger partial charge is 0.416 e. The minimum absolute atomic E-state index is 0.0148. The monoisotopic (exact) mass is 383 g/mol. The highest BCUT2D eigenvalue weighted by atomic mass is 32.1. The molecule has 0 atom stereocenters. The van der Waals surface area contributed by atoms with Gasteiger partial charge in [-0.15, -0.1) is 11.3 Å². The van der Waals surface area contributed by atoms with Crippen molar-refractivity contribution >= 4 is 33.1 Å². The molecule has 26 heavy (non-hydrogen) atoms. The number of carbonyl (C=O) groups excluding carboxylic acids is 1. The lowest BCUT2D eigenvalue weighted by atomic mass is 10.1. The largest absolute Gasteiger partial charge is 0.492 e. The molecular weight excluding hydrogens is 367 g/mol. The average Bonchev–Trinajstić information content (AvgIpc) is 3.10. The minimum Gasteiger partial charge on any atom is -0.492 e. The summed E-state index contributed by atoms with van der Waals surface area (Å²) in [6.45, 7) is 3.81. The van der Waals surface area contributed by atoms with Gasteiger partial charge in [0.1, 0.15) is 10.6 Å². The molecular formula is C17H16F3N3O2S. The van der Waals surface area contributed by atoms with Crippen LogP contribution in [-0.4, -0.2) is 22.3 Å². The van der Waals surface area contributed by atoms with Crippen LogP contribution in [0.4, 0.5) is 18.9 Å². The van der Waals surface area contributed by atoms with Gasteiger partial charge in [0.05, 0.1) is 28.4 Å². The normalized spacial score (nSPS) is 11.8. The highest BCUT2D eigenvalue weighted by Gasteiger charge is 2.31. The van der Waals surface area contributed by atoms with Crippen LogP contribution in [0.1, 0.15) is 27.9 Å². The number of alkyl halides is 3. The molecule has 0 unspecified atom stereocenters. The Kier molecular flexibility index (Phi) is 4.66. The maximum absolute atomic E-state index is 13.0. The Morgan fingerprint density at radius 3 is 2.69 bits per heavy atom. The summed E-state index contributed by atoms with van der Waals surface area (Å²) >= 11 is 1.23. The molecule has 0 saturated heterocycles. The molecule has 0 fully saturated rings. The van der Waals surface area contributed by atoms with Gasteiger partial charge >= 0.3 is 6.18 Å². The number of nitrogens with zero attached hydrogens (tertiary/aromatic N) is 2. The van der Waals surface area contributed by atoms with Crippen LogP contribution in [-0.2, 0) is 13.2 Å². The number of carbonyl (C=O) groups is 1. The number of amides is 1. The number of rotatable bonds is 4. The van der Waals surface area contributed by atoms with E-state index in [1.165, 1.54) is 17.4 Å². The molecule has 3 rings (SSSR count). The van der Waals surface area contributed by atoms with Crippen molar-refractivity contribution in [1.29, 1.82) is 0 Å². The first kappa shape index (κ1) is 18.2. The Morgan fingerprint density at radius 2 is 2.08 bits per heavy atom. The second-order valence-corrected chi connectivity index (χ2v) is 6.66. The quantitative estimate of drug-likeness (QED) is 0.716. The Bertz CT molecular complexity index is 941. The van der Waals surface area contributed by atoms with Crippen molar-refractivity contribution in [1.82, 2.24) is 9.78 Å². The second-order valence-electron chi connectivity index (χ2n) is 5.63. The van der Waals surface area contributed by atoms with Crippen molar-refractivity contribution in [2.45, 2.75) is 20.0 Å². The summed E-state index contributed by atoms with van der Waals surface area (Å²) in [5.41, 5.74) is -0.0847. The van der Waals surface area contributed by atoms with Gasteiger partial charge in [-0.2, -0.15) is 18.3 Å². The summed E-state index contributed by atoms with van der Waals surface area (Å²) in [5, 5.41) is 7.64. The van der Waals surface area contributed by atoms with Crippen LogP contribution in [0.15, 0.2) is 24.3 Å². The Balaban J connectivity index is 1.95. The van der Waals surface area contributed by atoms with Gasteiger partial charge in [0, 0.05) is 12.4 Å². The first-order chi connectivity index (χ1) is 12.2. The van der Waals surface area contributed by atoms with Crippen LogP contribution in [0.2, 0.25) is 0 Å². The van der Waals surface area contributed by atoms with Gasteiger partial charge in [0.2, 0.25) is 0 Å². The number of halogens is 3. The molecule has 0 spiro atoms. The molecule has 1 amide bonds. The number of thiophene rings is 1. The SMILES string of the molecule is CCOc1ccc(C(F)(F)F)cc1NC(=O)c1cc2c(C)nn(C)c2s1. The number of anilines is 1. The van der Waals surface area contributed by atoms with Crippen molar-refractivity contribution in [3.63, 3.8) is 0 Å². The summed E-state index contributed by atoms with van der Waals surface area (Å²) in [6.07, 6.45) is -4.51. The minimum atomic E-state index is -4.51. The number of fused-ring (bicyclic) bond motifs is 1. The van der Waals surface area contributed by atoms with Gasteiger partial charge in [-0.05, 0) is 38.1 Å². The van der Waals surface area contributed by atoms with Crippen molar-refractivity contribution in [3.8, 4) is 5.75 Å². The van der Waals surface area contributed by atoms with E-state index < -0.39 is 17.6 Å².